The highest BCUT2D eigenvalue weighted by Gasteiger charge is 2.19. The molecule has 0 saturated heterocycles. The van der Waals surface area contributed by atoms with Gasteiger partial charge < -0.3 is 14.4 Å². The maximum Gasteiger partial charge on any atom is 0.296 e. The lowest BCUT2D eigenvalue weighted by Crippen LogP contribution is -2.29. The lowest BCUT2D eigenvalue weighted by molar-refractivity contribution is -0.116. The summed E-state index contributed by atoms with van der Waals surface area (Å²) in [6.07, 6.45) is 1.89. The summed E-state index contributed by atoms with van der Waals surface area (Å²) in [4.78, 5) is 18.9. The number of carbonyl (C=O) groups excluding carboxylic acids is 1. The maximum atomic E-state index is 13.3. The fraction of sp³-hybridized carbons (Fsp3) is 0.212. The van der Waals surface area contributed by atoms with Crippen LogP contribution in [0.1, 0.15) is 35.7 Å². The summed E-state index contributed by atoms with van der Waals surface area (Å²) in [5.41, 5.74) is 3.08. The van der Waals surface area contributed by atoms with Crippen molar-refractivity contribution in [3.05, 3.63) is 113 Å². The van der Waals surface area contributed by atoms with Gasteiger partial charge in [0.1, 0.15) is 23.0 Å². The lowest BCUT2D eigenvalue weighted by atomic mass is 10.1. The van der Waals surface area contributed by atoms with Crippen LogP contribution in [0, 0.1) is 24.6 Å². The molecule has 0 aliphatic heterocycles. The largest absolute Gasteiger partial charge is 0.497 e. The fourth-order valence-electron chi connectivity index (χ4n) is 4.04. The quantitative estimate of drug-likeness (QED) is 0.124. The summed E-state index contributed by atoms with van der Waals surface area (Å²) in [7, 11) is -2.33. The number of hydrogen-bond acceptors (Lipinski definition) is 7. The first-order valence-corrected chi connectivity index (χ1v) is 14.8. The molecule has 8 nitrogen and oxygen atoms in total. The third kappa shape index (κ3) is 8.64. The monoisotopic (exact) mass is 602 g/mol. The van der Waals surface area contributed by atoms with E-state index in [-0.39, 0.29) is 36.4 Å². The molecule has 4 aromatic rings. The normalized spacial score (nSPS) is 10.9. The molecule has 10 heteroatoms. The molecule has 3 aromatic carbocycles. The van der Waals surface area contributed by atoms with E-state index in [2.05, 4.69) is 16.8 Å². The second-order valence-electron chi connectivity index (χ2n) is 9.50. The molecular formula is C33H31FN2O6S. The van der Waals surface area contributed by atoms with E-state index in [4.69, 9.17) is 13.7 Å². The molecule has 0 radical (unpaired) electrons. The minimum Gasteiger partial charge on any atom is -0.497 e. The van der Waals surface area contributed by atoms with Gasteiger partial charge in [0.05, 0.1) is 37.5 Å². The Morgan fingerprint density at radius 3 is 2.42 bits per heavy atom. The first kappa shape index (κ1) is 31.2. The van der Waals surface area contributed by atoms with Crippen LogP contribution in [0.15, 0.2) is 90.0 Å². The summed E-state index contributed by atoms with van der Waals surface area (Å²) in [5, 5.41) is 0. The van der Waals surface area contributed by atoms with Crippen LogP contribution in [-0.2, 0) is 25.6 Å². The van der Waals surface area contributed by atoms with Gasteiger partial charge in [0.25, 0.3) is 10.1 Å². The van der Waals surface area contributed by atoms with E-state index in [1.165, 1.54) is 36.1 Å². The van der Waals surface area contributed by atoms with Crippen LogP contribution in [0.5, 0.6) is 11.5 Å². The number of aryl methyl sites for hydroxylation is 1. The number of anilines is 1. The lowest BCUT2D eigenvalue weighted by Gasteiger charge is -2.24. The highest BCUT2D eigenvalue weighted by molar-refractivity contribution is 7.86. The fourth-order valence-corrected chi connectivity index (χ4v) is 4.98. The van der Waals surface area contributed by atoms with E-state index in [9.17, 15) is 17.6 Å². The third-order valence-electron chi connectivity index (χ3n) is 6.32. The summed E-state index contributed by atoms with van der Waals surface area (Å²) in [6, 6.07) is 20.9. The van der Waals surface area contributed by atoms with Crippen molar-refractivity contribution < 1.29 is 31.3 Å². The Balaban J connectivity index is 1.48. The molecule has 0 spiro atoms. The number of carbonyl (C=O) groups is 1. The van der Waals surface area contributed by atoms with Crippen molar-refractivity contribution in [1.29, 1.82) is 0 Å². The molecule has 0 N–H and O–H groups in total. The first-order valence-electron chi connectivity index (χ1n) is 13.4. The van der Waals surface area contributed by atoms with Crippen LogP contribution in [0.3, 0.4) is 0 Å². The molecule has 4 rings (SSSR count). The number of aromatic nitrogens is 1. The molecular weight excluding hydrogens is 571 g/mol. The zero-order chi connectivity index (χ0) is 30.8. The van der Waals surface area contributed by atoms with Gasteiger partial charge in [-0.05, 0) is 79.6 Å². The second-order valence-corrected chi connectivity index (χ2v) is 11.1. The minimum atomic E-state index is -3.87. The highest BCUT2D eigenvalue weighted by atomic mass is 32.2. The standard InChI is InChI=1S/C33H31FN2O6S/c1-24-7-15-30(16-8-24)43(38,39)42-21-5-20-41-33-18-14-29(40-3)22-27(33)23-36(25(2)37)32-6-4-19-35-31(32)17-11-26-9-12-28(34)13-10-26/h4,6-10,12-16,18-19,22H,5,20-21,23H2,1-3H3. The first-order chi connectivity index (χ1) is 20.7. The van der Waals surface area contributed by atoms with E-state index >= 15 is 0 Å². The summed E-state index contributed by atoms with van der Waals surface area (Å²) in [5.74, 6) is 6.41. The van der Waals surface area contributed by atoms with Crippen molar-refractivity contribution >= 4 is 21.7 Å². The summed E-state index contributed by atoms with van der Waals surface area (Å²) < 4.78 is 54.7. The number of rotatable bonds is 11. The highest BCUT2D eigenvalue weighted by Crippen LogP contribution is 2.29. The van der Waals surface area contributed by atoms with Crippen molar-refractivity contribution in [3.8, 4) is 23.3 Å². The van der Waals surface area contributed by atoms with Gasteiger partial charge in [-0.3, -0.25) is 8.98 Å². The molecule has 0 aliphatic rings. The van der Waals surface area contributed by atoms with Crippen LogP contribution in [-0.4, -0.2) is 39.6 Å². The van der Waals surface area contributed by atoms with E-state index in [0.717, 1.165) is 5.56 Å². The topological polar surface area (TPSA) is 95.0 Å². The third-order valence-corrected chi connectivity index (χ3v) is 7.64. The van der Waals surface area contributed by atoms with Gasteiger partial charge in [-0.25, -0.2) is 9.37 Å². The molecule has 1 aromatic heterocycles. The van der Waals surface area contributed by atoms with Crippen LogP contribution in [0.2, 0.25) is 0 Å². The zero-order valence-corrected chi connectivity index (χ0v) is 24.9. The predicted molar refractivity (Wildman–Crippen MR) is 161 cm³/mol. The Bertz CT molecular complexity index is 1730. The van der Waals surface area contributed by atoms with Crippen molar-refractivity contribution in [1.82, 2.24) is 4.98 Å². The van der Waals surface area contributed by atoms with Crippen molar-refractivity contribution in [2.45, 2.75) is 31.7 Å². The SMILES string of the molecule is COc1ccc(OCCCOS(=O)(=O)c2ccc(C)cc2)c(CN(C(C)=O)c2cccnc2C#Cc2ccc(F)cc2)c1. The Morgan fingerprint density at radius 2 is 1.72 bits per heavy atom. The van der Waals surface area contributed by atoms with Gasteiger partial charge in [0.15, 0.2) is 0 Å². The average Bonchev–Trinajstić information content (AvgIpc) is 3.00. The van der Waals surface area contributed by atoms with Gasteiger partial charge in [0, 0.05) is 30.7 Å². The number of halogens is 1. The molecule has 0 fully saturated rings. The zero-order valence-electron chi connectivity index (χ0n) is 24.0. The Labute approximate surface area is 251 Å². The number of hydrogen-bond donors (Lipinski definition) is 0. The number of methoxy groups -OCH3 is 1. The molecule has 0 unspecified atom stereocenters. The Hall–Kier alpha value is -4.72. The molecule has 0 bridgehead atoms. The van der Waals surface area contributed by atoms with Gasteiger partial charge in [-0.1, -0.05) is 23.6 Å². The number of pyridine rings is 1. The molecule has 43 heavy (non-hydrogen) atoms. The molecule has 0 saturated carbocycles. The smallest absolute Gasteiger partial charge is 0.296 e. The summed E-state index contributed by atoms with van der Waals surface area (Å²) >= 11 is 0. The van der Waals surface area contributed by atoms with Gasteiger partial charge >= 0.3 is 0 Å². The number of ether oxygens (including phenoxy) is 2. The maximum absolute atomic E-state index is 13.3. The average molecular weight is 603 g/mol. The van der Waals surface area contributed by atoms with Gasteiger partial charge in [-0.2, -0.15) is 8.42 Å². The van der Waals surface area contributed by atoms with E-state index < -0.39 is 10.1 Å². The van der Waals surface area contributed by atoms with E-state index in [1.54, 1.807) is 67.9 Å². The summed E-state index contributed by atoms with van der Waals surface area (Å²) in [6.45, 7) is 3.54. The molecule has 1 amide bonds. The molecule has 0 atom stereocenters. The molecule has 222 valence electrons. The Kier molecular flexibility index (Phi) is 10.5. The number of benzene rings is 3. The van der Waals surface area contributed by atoms with Crippen molar-refractivity contribution in [2.75, 3.05) is 25.2 Å². The molecule has 0 aliphatic carbocycles. The predicted octanol–water partition coefficient (Wildman–Crippen LogP) is 5.67. The molecule has 1 heterocycles. The van der Waals surface area contributed by atoms with E-state index in [0.29, 0.717) is 40.4 Å². The van der Waals surface area contributed by atoms with Gasteiger partial charge in [0.2, 0.25) is 5.91 Å². The van der Waals surface area contributed by atoms with Gasteiger partial charge in [-0.15, -0.1) is 0 Å². The van der Waals surface area contributed by atoms with E-state index in [1.807, 2.05) is 6.92 Å². The van der Waals surface area contributed by atoms with Crippen LogP contribution in [0.4, 0.5) is 10.1 Å². The van der Waals surface area contributed by atoms with Crippen molar-refractivity contribution in [3.63, 3.8) is 0 Å². The minimum absolute atomic E-state index is 0.0625. The van der Waals surface area contributed by atoms with Crippen LogP contribution >= 0.6 is 0 Å². The number of nitrogens with zero attached hydrogens (tertiary/aromatic N) is 2. The number of amides is 1. The Morgan fingerprint density at radius 1 is 0.977 bits per heavy atom. The van der Waals surface area contributed by atoms with Crippen LogP contribution < -0.4 is 14.4 Å². The second kappa shape index (κ2) is 14.4. The van der Waals surface area contributed by atoms with Crippen LogP contribution in [0.25, 0.3) is 0 Å². The van der Waals surface area contributed by atoms with Crippen molar-refractivity contribution in [2.24, 2.45) is 0 Å².